The molecule has 0 spiro atoms. The second-order valence-corrected chi connectivity index (χ2v) is 6.68. The molecule has 1 aliphatic carbocycles. The first-order valence-electron chi connectivity index (χ1n) is 7.68. The Hall–Kier alpha value is -2.27. The molecule has 3 rings (SSSR count). The molecule has 2 aromatic rings. The number of furan rings is 1. The van der Waals surface area contributed by atoms with E-state index in [0.717, 1.165) is 18.4 Å². The van der Waals surface area contributed by atoms with Crippen LogP contribution in [0.1, 0.15) is 40.3 Å². The maximum absolute atomic E-state index is 12.9. The predicted molar refractivity (Wildman–Crippen MR) is 89.2 cm³/mol. The van der Waals surface area contributed by atoms with Gasteiger partial charge in [0, 0.05) is 12.1 Å². The van der Waals surface area contributed by atoms with E-state index >= 15 is 0 Å². The average molecular weight is 348 g/mol. The van der Waals surface area contributed by atoms with Crippen molar-refractivity contribution in [1.82, 2.24) is 4.90 Å². The zero-order valence-corrected chi connectivity index (χ0v) is 14.3. The SMILES string of the molecule is Cc1oc(CN(C)C(=O)C2(c3cccc(Cl)c3)CC2)cc1C(=O)O. The zero-order chi connectivity index (χ0) is 17.5. The number of hydrogen-bond donors (Lipinski definition) is 1. The molecule has 1 saturated carbocycles. The third-order valence-corrected chi connectivity index (χ3v) is 4.71. The molecule has 1 N–H and O–H groups in total. The standard InChI is InChI=1S/C18H18ClNO4/c1-11-15(16(21)22)9-14(24-11)10-20(2)17(23)18(6-7-18)12-4-3-5-13(19)8-12/h3-5,8-9H,6-7,10H2,1-2H3,(H,21,22). The number of rotatable bonds is 5. The molecule has 126 valence electrons. The number of carboxylic acids is 1. The maximum atomic E-state index is 12.9. The summed E-state index contributed by atoms with van der Waals surface area (Å²) in [7, 11) is 1.70. The third kappa shape index (κ3) is 2.91. The van der Waals surface area contributed by atoms with Crippen molar-refractivity contribution < 1.29 is 19.1 Å². The van der Waals surface area contributed by atoms with Crippen molar-refractivity contribution in [2.45, 2.75) is 31.7 Å². The number of benzene rings is 1. The number of aryl methyl sites for hydroxylation is 1. The van der Waals surface area contributed by atoms with Crippen LogP contribution in [0.2, 0.25) is 5.02 Å². The van der Waals surface area contributed by atoms with E-state index in [1.54, 1.807) is 24.9 Å². The Bertz CT molecular complexity index is 807. The number of likely N-dealkylation sites (N-methyl/N-ethyl adjacent to an activating group) is 1. The van der Waals surface area contributed by atoms with E-state index in [4.69, 9.17) is 21.1 Å². The van der Waals surface area contributed by atoms with Crippen molar-refractivity contribution >= 4 is 23.5 Å². The summed E-state index contributed by atoms with van der Waals surface area (Å²) in [4.78, 5) is 25.6. The minimum atomic E-state index is -1.03. The van der Waals surface area contributed by atoms with Crippen molar-refractivity contribution in [2.24, 2.45) is 0 Å². The van der Waals surface area contributed by atoms with Gasteiger partial charge in [0.1, 0.15) is 17.1 Å². The van der Waals surface area contributed by atoms with Crippen molar-refractivity contribution in [2.75, 3.05) is 7.05 Å². The van der Waals surface area contributed by atoms with Gasteiger partial charge in [0.2, 0.25) is 5.91 Å². The van der Waals surface area contributed by atoms with Gasteiger partial charge < -0.3 is 14.4 Å². The van der Waals surface area contributed by atoms with E-state index in [0.29, 0.717) is 16.5 Å². The van der Waals surface area contributed by atoms with E-state index in [2.05, 4.69) is 0 Å². The molecule has 1 aliphatic rings. The van der Waals surface area contributed by atoms with Crippen molar-refractivity contribution in [3.8, 4) is 0 Å². The summed E-state index contributed by atoms with van der Waals surface area (Å²) >= 11 is 6.05. The highest BCUT2D eigenvalue weighted by Gasteiger charge is 2.52. The quantitative estimate of drug-likeness (QED) is 0.896. The highest BCUT2D eigenvalue weighted by Crippen LogP contribution is 2.50. The van der Waals surface area contributed by atoms with Crippen LogP contribution in [-0.2, 0) is 16.8 Å². The Morgan fingerprint density at radius 3 is 2.58 bits per heavy atom. The third-order valence-electron chi connectivity index (χ3n) is 4.48. The number of carboxylic acid groups (broad SMARTS) is 1. The van der Waals surface area contributed by atoms with Crippen molar-refractivity contribution in [3.05, 3.63) is 58.0 Å². The second kappa shape index (κ2) is 5.98. The Morgan fingerprint density at radius 1 is 1.33 bits per heavy atom. The summed E-state index contributed by atoms with van der Waals surface area (Å²) in [5, 5.41) is 9.70. The van der Waals surface area contributed by atoms with Gasteiger partial charge in [-0.15, -0.1) is 0 Å². The number of amides is 1. The summed E-state index contributed by atoms with van der Waals surface area (Å²) in [6.45, 7) is 1.83. The van der Waals surface area contributed by atoms with Crippen LogP contribution in [0, 0.1) is 6.92 Å². The van der Waals surface area contributed by atoms with E-state index < -0.39 is 11.4 Å². The molecule has 0 saturated heterocycles. The van der Waals surface area contributed by atoms with Crippen LogP contribution in [0.3, 0.4) is 0 Å². The van der Waals surface area contributed by atoms with Gasteiger partial charge in [-0.2, -0.15) is 0 Å². The molecule has 0 atom stereocenters. The number of nitrogens with zero attached hydrogens (tertiary/aromatic N) is 1. The molecule has 1 aromatic heterocycles. The first-order valence-corrected chi connectivity index (χ1v) is 8.05. The summed E-state index contributed by atoms with van der Waals surface area (Å²) in [6.07, 6.45) is 1.57. The van der Waals surface area contributed by atoms with Crippen LogP contribution < -0.4 is 0 Å². The number of hydrogen-bond acceptors (Lipinski definition) is 3. The molecular formula is C18H18ClNO4. The summed E-state index contributed by atoms with van der Waals surface area (Å²) < 4.78 is 5.46. The van der Waals surface area contributed by atoms with Gasteiger partial charge in [0.15, 0.2) is 0 Å². The van der Waals surface area contributed by atoms with Crippen LogP contribution in [0.4, 0.5) is 0 Å². The van der Waals surface area contributed by atoms with Gasteiger partial charge in [-0.1, -0.05) is 23.7 Å². The predicted octanol–water partition coefficient (Wildman–Crippen LogP) is 3.63. The summed E-state index contributed by atoms with van der Waals surface area (Å²) in [5.74, 6) is -0.235. The van der Waals surface area contributed by atoms with Gasteiger partial charge in [0.05, 0.1) is 12.0 Å². The van der Waals surface area contributed by atoms with Crippen LogP contribution in [0.25, 0.3) is 0 Å². The number of aromatic carboxylic acids is 1. The summed E-state index contributed by atoms with van der Waals surface area (Å²) in [5.41, 5.74) is 0.534. The minimum absolute atomic E-state index is 0.00399. The molecule has 1 heterocycles. The van der Waals surface area contributed by atoms with Gasteiger partial charge in [-0.05, 0) is 43.5 Å². The molecule has 5 nitrogen and oxygen atoms in total. The fourth-order valence-electron chi connectivity index (χ4n) is 3.04. The average Bonchev–Trinajstić information content (AvgIpc) is 3.25. The first-order chi connectivity index (χ1) is 11.3. The fraction of sp³-hybridized carbons (Fsp3) is 0.333. The van der Waals surface area contributed by atoms with Gasteiger partial charge in [-0.3, -0.25) is 4.79 Å². The molecule has 6 heteroatoms. The number of halogens is 1. The van der Waals surface area contributed by atoms with Gasteiger partial charge >= 0.3 is 5.97 Å². The Morgan fingerprint density at radius 2 is 2.04 bits per heavy atom. The lowest BCUT2D eigenvalue weighted by atomic mass is 9.94. The van der Waals surface area contributed by atoms with Gasteiger partial charge in [-0.25, -0.2) is 4.79 Å². The van der Waals surface area contributed by atoms with E-state index in [-0.39, 0.29) is 18.0 Å². The number of carbonyl (C=O) groups is 2. The van der Waals surface area contributed by atoms with E-state index in [1.807, 2.05) is 18.2 Å². The molecule has 0 aliphatic heterocycles. The molecule has 1 fully saturated rings. The minimum Gasteiger partial charge on any atom is -0.478 e. The topological polar surface area (TPSA) is 70.8 Å². The molecular weight excluding hydrogens is 330 g/mol. The fourth-order valence-corrected chi connectivity index (χ4v) is 3.23. The van der Waals surface area contributed by atoms with Crippen molar-refractivity contribution in [3.63, 3.8) is 0 Å². The molecule has 0 radical (unpaired) electrons. The largest absolute Gasteiger partial charge is 0.478 e. The molecule has 1 aromatic carbocycles. The smallest absolute Gasteiger partial charge is 0.339 e. The Kier molecular flexibility index (Phi) is 4.13. The number of carbonyl (C=O) groups excluding carboxylic acids is 1. The molecule has 1 amide bonds. The highest BCUT2D eigenvalue weighted by molar-refractivity contribution is 6.30. The normalized spacial score (nSPS) is 15.1. The Labute approximate surface area is 144 Å². The molecule has 0 bridgehead atoms. The zero-order valence-electron chi connectivity index (χ0n) is 13.5. The monoisotopic (exact) mass is 347 g/mol. The van der Waals surface area contributed by atoms with E-state index in [9.17, 15) is 9.59 Å². The lowest BCUT2D eigenvalue weighted by Gasteiger charge is -2.23. The van der Waals surface area contributed by atoms with Crippen molar-refractivity contribution in [1.29, 1.82) is 0 Å². The maximum Gasteiger partial charge on any atom is 0.339 e. The van der Waals surface area contributed by atoms with Crippen LogP contribution in [-0.4, -0.2) is 28.9 Å². The van der Waals surface area contributed by atoms with Crippen LogP contribution >= 0.6 is 11.6 Å². The summed E-state index contributed by atoms with van der Waals surface area (Å²) in [6, 6.07) is 8.86. The lowest BCUT2D eigenvalue weighted by molar-refractivity contribution is -0.133. The molecule has 0 unspecified atom stereocenters. The van der Waals surface area contributed by atoms with Crippen LogP contribution in [0.5, 0.6) is 0 Å². The van der Waals surface area contributed by atoms with Gasteiger partial charge in [0.25, 0.3) is 0 Å². The highest BCUT2D eigenvalue weighted by atomic mass is 35.5. The Balaban J connectivity index is 1.78. The first kappa shape index (κ1) is 16.6. The molecule has 24 heavy (non-hydrogen) atoms. The van der Waals surface area contributed by atoms with Crippen LogP contribution in [0.15, 0.2) is 34.7 Å². The van der Waals surface area contributed by atoms with E-state index in [1.165, 1.54) is 6.07 Å². The second-order valence-electron chi connectivity index (χ2n) is 6.24. The lowest BCUT2D eigenvalue weighted by Crippen LogP contribution is -2.36.